The Balaban J connectivity index is 1.66. The fraction of sp³-hybridized carbons (Fsp3) is 0.300. The second-order valence-electron chi connectivity index (χ2n) is 6.84. The van der Waals surface area contributed by atoms with Crippen molar-refractivity contribution in [2.45, 2.75) is 25.5 Å². The van der Waals surface area contributed by atoms with Crippen LogP contribution >= 0.6 is 0 Å². The predicted octanol–water partition coefficient (Wildman–Crippen LogP) is 2.21. The zero-order valence-corrected chi connectivity index (χ0v) is 15.1. The zero-order valence-electron chi connectivity index (χ0n) is 15.1. The molecule has 0 radical (unpaired) electrons. The van der Waals surface area contributed by atoms with Crippen LogP contribution in [0.2, 0.25) is 0 Å². The van der Waals surface area contributed by atoms with Crippen molar-refractivity contribution in [2.75, 3.05) is 23.3 Å². The number of hydrogen-bond acceptors (Lipinski definition) is 4. The number of aliphatic carboxylic acids is 1. The highest BCUT2D eigenvalue weighted by Gasteiger charge is 2.30. The number of hydrogen-bond donors (Lipinski definition) is 4. The van der Waals surface area contributed by atoms with Gasteiger partial charge in [-0.25, -0.2) is 9.59 Å². The molecule has 0 spiro atoms. The molecule has 1 unspecified atom stereocenters. The van der Waals surface area contributed by atoms with Gasteiger partial charge in [0.2, 0.25) is 0 Å². The van der Waals surface area contributed by atoms with Crippen LogP contribution in [-0.4, -0.2) is 40.9 Å². The number of para-hydroxylation sites is 2. The second-order valence-corrected chi connectivity index (χ2v) is 6.84. The molecule has 0 fully saturated rings. The first-order chi connectivity index (χ1) is 12.9. The standard InChI is InChI=1S/C20H23N3O4/c1-20(27,18(24)25)13-21-19(26)22-16-8-4-2-7-15(16)12-23-11-10-14-6-3-5-9-17(14)23/h2-9,27H,10-13H2,1H3,(H,24,25)(H2,21,22,26). The van der Waals surface area contributed by atoms with Crippen LogP contribution in [0.25, 0.3) is 0 Å². The van der Waals surface area contributed by atoms with E-state index >= 15 is 0 Å². The van der Waals surface area contributed by atoms with E-state index in [0.717, 1.165) is 25.5 Å². The molecular formula is C20H23N3O4. The molecule has 1 atom stereocenters. The van der Waals surface area contributed by atoms with Gasteiger partial charge in [0.25, 0.3) is 0 Å². The summed E-state index contributed by atoms with van der Waals surface area (Å²) in [5.74, 6) is -1.39. The highest BCUT2D eigenvalue weighted by molar-refractivity contribution is 5.90. The lowest BCUT2D eigenvalue weighted by Gasteiger charge is -2.22. The first-order valence-corrected chi connectivity index (χ1v) is 8.78. The minimum Gasteiger partial charge on any atom is -0.479 e. The molecule has 2 amide bonds. The number of carbonyl (C=O) groups excluding carboxylic acids is 1. The molecule has 3 rings (SSSR count). The van der Waals surface area contributed by atoms with Crippen LogP contribution in [0.15, 0.2) is 48.5 Å². The summed E-state index contributed by atoms with van der Waals surface area (Å²) >= 11 is 0. The van der Waals surface area contributed by atoms with Gasteiger partial charge in [0.05, 0.1) is 6.54 Å². The molecule has 0 bridgehead atoms. The Hall–Kier alpha value is -3.06. The lowest BCUT2D eigenvalue weighted by atomic mass is 10.1. The van der Waals surface area contributed by atoms with Gasteiger partial charge < -0.3 is 25.7 Å². The minimum atomic E-state index is -2.02. The maximum absolute atomic E-state index is 12.1. The van der Waals surface area contributed by atoms with Crippen molar-refractivity contribution in [1.82, 2.24) is 5.32 Å². The maximum atomic E-state index is 12.1. The lowest BCUT2D eigenvalue weighted by molar-refractivity contribution is -0.155. The van der Waals surface area contributed by atoms with Gasteiger partial charge in [0.15, 0.2) is 5.60 Å². The third-order valence-corrected chi connectivity index (χ3v) is 4.66. The lowest BCUT2D eigenvalue weighted by Crippen LogP contribution is -2.47. The number of benzene rings is 2. The van der Waals surface area contributed by atoms with Crippen LogP contribution < -0.4 is 15.5 Å². The van der Waals surface area contributed by atoms with Crippen molar-refractivity contribution in [1.29, 1.82) is 0 Å². The largest absolute Gasteiger partial charge is 0.479 e. The average Bonchev–Trinajstić information content (AvgIpc) is 3.05. The van der Waals surface area contributed by atoms with E-state index in [1.807, 2.05) is 30.3 Å². The van der Waals surface area contributed by atoms with Crippen LogP contribution in [0, 0.1) is 0 Å². The number of urea groups is 1. The van der Waals surface area contributed by atoms with Gasteiger partial charge in [-0.05, 0) is 36.6 Å². The number of nitrogens with one attached hydrogen (secondary N) is 2. The minimum absolute atomic E-state index is 0.393. The molecular weight excluding hydrogens is 346 g/mol. The zero-order chi connectivity index (χ0) is 19.4. The van der Waals surface area contributed by atoms with E-state index in [2.05, 4.69) is 27.7 Å². The molecule has 7 nitrogen and oxygen atoms in total. The monoisotopic (exact) mass is 369 g/mol. The van der Waals surface area contributed by atoms with Gasteiger partial charge in [-0.1, -0.05) is 36.4 Å². The predicted molar refractivity (Wildman–Crippen MR) is 103 cm³/mol. The van der Waals surface area contributed by atoms with Gasteiger partial charge >= 0.3 is 12.0 Å². The second kappa shape index (κ2) is 7.67. The summed E-state index contributed by atoms with van der Waals surface area (Å²) in [5.41, 5.74) is 2.10. The fourth-order valence-corrected chi connectivity index (χ4v) is 3.05. The molecule has 1 heterocycles. The van der Waals surface area contributed by atoms with Crippen LogP contribution in [0.4, 0.5) is 16.2 Å². The molecule has 0 aromatic heterocycles. The van der Waals surface area contributed by atoms with E-state index in [1.54, 1.807) is 6.07 Å². The van der Waals surface area contributed by atoms with Gasteiger partial charge in [-0.2, -0.15) is 0 Å². The number of rotatable bonds is 6. The van der Waals surface area contributed by atoms with E-state index < -0.39 is 24.1 Å². The number of fused-ring (bicyclic) bond motifs is 1. The van der Waals surface area contributed by atoms with Crippen LogP contribution in [0.3, 0.4) is 0 Å². The summed E-state index contributed by atoms with van der Waals surface area (Å²) in [6, 6.07) is 15.2. The molecule has 0 saturated carbocycles. The molecule has 1 aliphatic rings. The Labute approximate surface area is 157 Å². The molecule has 0 saturated heterocycles. The van der Waals surface area contributed by atoms with E-state index in [1.165, 1.54) is 11.3 Å². The SMILES string of the molecule is CC(O)(CNC(=O)Nc1ccccc1CN1CCc2ccccc21)C(=O)O. The van der Waals surface area contributed by atoms with Crippen molar-refractivity contribution in [3.63, 3.8) is 0 Å². The quantitative estimate of drug-likeness (QED) is 0.625. The molecule has 142 valence electrons. The number of nitrogens with zero attached hydrogens (tertiary/aromatic N) is 1. The van der Waals surface area contributed by atoms with Crippen LogP contribution in [0.5, 0.6) is 0 Å². The smallest absolute Gasteiger partial charge is 0.337 e. The summed E-state index contributed by atoms with van der Waals surface area (Å²) in [7, 11) is 0. The van der Waals surface area contributed by atoms with Gasteiger partial charge in [-0.3, -0.25) is 0 Å². The van der Waals surface area contributed by atoms with Crippen LogP contribution in [0.1, 0.15) is 18.1 Å². The Morgan fingerprint density at radius 3 is 2.63 bits per heavy atom. The highest BCUT2D eigenvalue weighted by Crippen LogP contribution is 2.30. The average molecular weight is 369 g/mol. The first kappa shape index (κ1) is 18.7. The Bertz CT molecular complexity index is 851. The molecule has 1 aliphatic heterocycles. The molecule has 2 aromatic carbocycles. The van der Waals surface area contributed by atoms with Gasteiger partial charge in [0, 0.05) is 24.5 Å². The summed E-state index contributed by atoms with van der Waals surface area (Å²) in [4.78, 5) is 25.3. The molecule has 7 heteroatoms. The fourth-order valence-electron chi connectivity index (χ4n) is 3.05. The number of anilines is 2. The number of amides is 2. The Kier molecular flexibility index (Phi) is 5.32. The number of aliphatic hydroxyl groups is 1. The number of carboxylic acid groups (broad SMARTS) is 1. The first-order valence-electron chi connectivity index (χ1n) is 8.78. The number of carbonyl (C=O) groups is 2. The molecule has 4 N–H and O–H groups in total. The molecule has 0 aliphatic carbocycles. The van der Waals surface area contributed by atoms with Gasteiger partial charge in [0.1, 0.15) is 0 Å². The third-order valence-electron chi connectivity index (χ3n) is 4.66. The Morgan fingerprint density at radius 1 is 1.15 bits per heavy atom. The van der Waals surface area contributed by atoms with E-state index in [4.69, 9.17) is 5.11 Å². The summed E-state index contributed by atoms with van der Waals surface area (Å²) in [6.45, 7) is 2.31. The van der Waals surface area contributed by atoms with E-state index in [-0.39, 0.29) is 0 Å². The van der Waals surface area contributed by atoms with E-state index in [9.17, 15) is 14.7 Å². The van der Waals surface area contributed by atoms with Gasteiger partial charge in [-0.15, -0.1) is 0 Å². The summed E-state index contributed by atoms with van der Waals surface area (Å²) < 4.78 is 0. The third kappa shape index (κ3) is 4.38. The molecule has 27 heavy (non-hydrogen) atoms. The normalized spacial score (nSPS) is 15.0. The van der Waals surface area contributed by atoms with E-state index in [0.29, 0.717) is 12.2 Å². The highest BCUT2D eigenvalue weighted by atomic mass is 16.4. The number of carboxylic acids is 1. The summed E-state index contributed by atoms with van der Waals surface area (Å²) in [5, 5.41) is 23.7. The Morgan fingerprint density at radius 2 is 1.85 bits per heavy atom. The van der Waals surface area contributed by atoms with Crippen molar-refractivity contribution >= 4 is 23.4 Å². The van der Waals surface area contributed by atoms with Crippen molar-refractivity contribution < 1.29 is 19.8 Å². The van der Waals surface area contributed by atoms with Crippen molar-refractivity contribution in [2.24, 2.45) is 0 Å². The summed E-state index contributed by atoms with van der Waals surface area (Å²) in [6.07, 6.45) is 0.997. The molecule has 2 aromatic rings. The maximum Gasteiger partial charge on any atom is 0.337 e. The topological polar surface area (TPSA) is 102 Å². The van der Waals surface area contributed by atoms with Crippen molar-refractivity contribution in [3.8, 4) is 0 Å². The van der Waals surface area contributed by atoms with Crippen LogP contribution in [-0.2, 0) is 17.8 Å². The van der Waals surface area contributed by atoms with Crippen molar-refractivity contribution in [3.05, 3.63) is 59.7 Å².